The summed E-state index contributed by atoms with van der Waals surface area (Å²) in [5, 5.41) is 9.11. The zero-order valence-electron chi connectivity index (χ0n) is 12.2. The number of hydrogen-bond acceptors (Lipinski definition) is 4. The fourth-order valence-corrected chi connectivity index (χ4v) is 2.56. The number of carboxylic acid groups (broad SMARTS) is 1. The van der Waals surface area contributed by atoms with Crippen LogP contribution in [0, 0.1) is 5.92 Å². The molecule has 0 aliphatic carbocycles. The largest absolute Gasteiger partial charge is 0.480 e. The Balaban J connectivity index is 2.22. The first-order valence-corrected chi connectivity index (χ1v) is 7.26. The summed E-state index contributed by atoms with van der Waals surface area (Å²) in [6, 6.07) is 0. The van der Waals surface area contributed by atoms with Gasteiger partial charge in [0.25, 0.3) is 0 Å². The quantitative estimate of drug-likeness (QED) is 0.697. The zero-order valence-corrected chi connectivity index (χ0v) is 12.2. The Morgan fingerprint density at radius 2 is 2.11 bits per heavy atom. The van der Waals surface area contributed by atoms with Gasteiger partial charge in [-0.15, -0.1) is 0 Å². The van der Waals surface area contributed by atoms with Gasteiger partial charge >= 0.3 is 5.97 Å². The summed E-state index contributed by atoms with van der Waals surface area (Å²) in [6.45, 7) is 5.56. The molecule has 1 heterocycles. The van der Waals surface area contributed by atoms with E-state index in [9.17, 15) is 4.79 Å². The minimum absolute atomic E-state index is 0.478. The van der Waals surface area contributed by atoms with E-state index in [1.807, 2.05) is 6.92 Å². The Hall–Kier alpha value is -0.650. The maximum absolute atomic E-state index is 11.1. The van der Waals surface area contributed by atoms with Crippen LogP contribution in [0.1, 0.15) is 39.0 Å². The topological polar surface area (TPSA) is 75.8 Å². The first-order valence-electron chi connectivity index (χ1n) is 7.26. The van der Waals surface area contributed by atoms with Crippen molar-refractivity contribution in [3.8, 4) is 0 Å². The van der Waals surface area contributed by atoms with Crippen LogP contribution in [0.2, 0.25) is 0 Å². The molecule has 112 valence electrons. The average molecular weight is 272 g/mol. The lowest BCUT2D eigenvalue weighted by molar-refractivity contribution is -0.143. The Kier molecular flexibility index (Phi) is 6.75. The molecule has 1 rings (SSSR count). The molecule has 0 aromatic carbocycles. The molecule has 1 atom stereocenters. The molecule has 0 radical (unpaired) electrons. The number of carbonyl (C=O) groups is 1. The molecule has 1 aliphatic rings. The highest BCUT2D eigenvalue weighted by molar-refractivity contribution is 5.78. The van der Waals surface area contributed by atoms with E-state index in [1.54, 1.807) is 0 Å². The van der Waals surface area contributed by atoms with Gasteiger partial charge in [-0.2, -0.15) is 0 Å². The van der Waals surface area contributed by atoms with Gasteiger partial charge in [-0.1, -0.05) is 6.92 Å². The Bertz CT molecular complexity index is 280. The van der Waals surface area contributed by atoms with E-state index >= 15 is 0 Å². The van der Waals surface area contributed by atoms with Gasteiger partial charge in [0.15, 0.2) is 0 Å². The SMILES string of the molecule is CCC(N)(CCCN(C)CC1CCOCC1)C(=O)O. The summed E-state index contributed by atoms with van der Waals surface area (Å²) >= 11 is 0. The first-order chi connectivity index (χ1) is 8.98. The smallest absolute Gasteiger partial charge is 0.323 e. The van der Waals surface area contributed by atoms with Gasteiger partial charge in [0, 0.05) is 19.8 Å². The predicted molar refractivity (Wildman–Crippen MR) is 75.1 cm³/mol. The summed E-state index contributed by atoms with van der Waals surface area (Å²) < 4.78 is 5.35. The minimum Gasteiger partial charge on any atom is -0.480 e. The molecule has 1 unspecified atom stereocenters. The van der Waals surface area contributed by atoms with E-state index in [1.165, 1.54) is 0 Å². The lowest BCUT2D eigenvalue weighted by Gasteiger charge is -2.28. The Morgan fingerprint density at radius 3 is 2.63 bits per heavy atom. The molecule has 0 aromatic heterocycles. The molecule has 19 heavy (non-hydrogen) atoms. The highest BCUT2D eigenvalue weighted by atomic mass is 16.5. The van der Waals surface area contributed by atoms with Crippen molar-refractivity contribution in [1.82, 2.24) is 4.90 Å². The van der Waals surface area contributed by atoms with Crippen LogP contribution in [0.25, 0.3) is 0 Å². The third-order valence-electron chi connectivity index (χ3n) is 4.13. The van der Waals surface area contributed by atoms with E-state index < -0.39 is 11.5 Å². The van der Waals surface area contributed by atoms with Gasteiger partial charge in [0.2, 0.25) is 0 Å². The number of carboxylic acids is 1. The molecule has 1 saturated heterocycles. The number of ether oxygens (including phenoxy) is 1. The lowest BCUT2D eigenvalue weighted by Crippen LogP contribution is -2.47. The summed E-state index contributed by atoms with van der Waals surface area (Å²) in [7, 11) is 2.10. The molecular weight excluding hydrogens is 244 g/mol. The van der Waals surface area contributed by atoms with Crippen molar-refractivity contribution in [2.45, 2.75) is 44.6 Å². The van der Waals surface area contributed by atoms with Crippen molar-refractivity contribution in [3.05, 3.63) is 0 Å². The molecular formula is C14H28N2O3. The number of nitrogens with two attached hydrogens (primary N) is 1. The van der Waals surface area contributed by atoms with Gasteiger partial charge in [-0.05, 0) is 51.6 Å². The van der Waals surface area contributed by atoms with Crippen molar-refractivity contribution in [2.75, 3.05) is 33.4 Å². The van der Waals surface area contributed by atoms with Gasteiger partial charge in [0.05, 0.1) is 0 Å². The van der Waals surface area contributed by atoms with Crippen molar-refractivity contribution < 1.29 is 14.6 Å². The second-order valence-electron chi connectivity index (χ2n) is 5.74. The van der Waals surface area contributed by atoms with Gasteiger partial charge in [-0.3, -0.25) is 4.79 Å². The van der Waals surface area contributed by atoms with Gasteiger partial charge in [-0.25, -0.2) is 0 Å². The number of aliphatic carboxylic acids is 1. The molecule has 5 nitrogen and oxygen atoms in total. The zero-order chi connectivity index (χ0) is 14.3. The standard InChI is InChI=1S/C14H28N2O3/c1-3-14(15,13(17)18)7-4-8-16(2)11-12-5-9-19-10-6-12/h12H,3-11,15H2,1-2H3,(H,17,18). The fraction of sp³-hybridized carbons (Fsp3) is 0.929. The lowest BCUT2D eigenvalue weighted by atomic mass is 9.91. The highest BCUT2D eigenvalue weighted by Gasteiger charge is 2.31. The fourth-order valence-electron chi connectivity index (χ4n) is 2.56. The van der Waals surface area contributed by atoms with Crippen molar-refractivity contribution in [2.24, 2.45) is 11.7 Å². The summed E-state index contributed by atoms with van der Waals surface area (Å²) in [6.07, 6.45) is 4.11. The van der Waals surface area contributed by atoms with Crippen LogP contribution >= 0.6 is 0 Å². The van der Waals surface area contributed by atoms with Crippen molar-refractivity contribution in [3.63, 3.8) is 0 Å². The van der Waals surface area contributed by atoms with Crippen LogP contribution in [0.3, 0.4) is 0 Å². The molecule has 3 N–H and O–H groups in total. The second-order valence-corrected chi connectivity index (χ2v) is 5.74. The second kappa shape index (κ2) is 7.82. The van der Waals surface area contributed by atoms with Crippen LogP contribution < -0.4 is 5.73 Å². The van der Waals surface area contributed by atoms with Gasteiger partial charge < -0.3 is 20.5 Å². The minimum atomic E-state index is -1.06. The average Bonchev–Trinajstić information content (AvgIpc) is 2.39. The number of nitrogens with zero attached hydrogens (tertiary/aromatic N) is 1. The van der Waals surface area contributed by atoms with Crippen molar-refractivity contribution >= 4 is 5.97 Å². The molecule has 0 saturated carbocycles. The molecule has 5 heteroatoms. The molecule has 0 spiro atoms. The van der Waals surface area contributed by atoms with E-state index in [4.69, 9.17) is 15.6 Å². The third-order valence-corrected chi connectivity index (χ3v) is 4.13. The third kappa shape index (κ3) is 5.47. The van der Waals surface area contributed by atoms with Crippen LogP contribution in [0.4, 0.5) is 0 Å². The first kappa shape index (κ1) is 16.4. The molecule has 1 aliphatic heterocycles. The van der Waals surface area contributed by atoms with Crippen LogP contribution in [0.5, 0.6) is 0 Å². The number of rotatable bonds is 8. The maximum atomic E-state index is 11.1. The van der Waals surface area contributed by atoms with Gasteiger partial charge in [0.1, 0.15) is 5.54 Å². The molecule has 0 amide bonds. The predicted octanol–water partition coefficient (Wildman–Crippen LogP) is 1.32. The summed E-state index contributed by atoms with van der Waals surface area (Å²) in [4.78, 5) is 13.4. The van der Waals surface area contributed by atoms with E-state index in [0.717, 1.165) is 45.6 Å². The van der Waals surface area contributed by atoms with Crippen LogP contribution in [-0.4, -0.2) is 54.9 Å². The van der Waals surface area contributed by atoms with E-state index in [-0.39, 0.29) is 0 Å². The summed E-state index contributed by atoms with van der Waals surface area (Å²) in [5.74, 6) is -0.172. The van der Waals surface area contributed by atoms with Crippen molar-refractivity contribution in [1.29, 1.82) is 0 Å². The van der Waals surface area contributed by atoms with Crippen LogP contribution in [-0.2, 0) is 9.53 Å². The Morgan fingerprint density at radius 1 is 1.47 bits per heavy atom. The van der Waals surface area contributed by atoms with E-state index in [0.29, 0.717) is 18.8 Å². The Labute approximate surface area is 116 Å². The van der Waals surface area contributed by atoms with Crippen LogP contribution in [0.15, 0.2) is 0 Å². The highest BCUT2D eigenvalue weighted by Crippen LogP contribution is 2.17. The molecule has 0 aromatic rings. The number of hydrogen-bond donors (Lipinski definition) is 2. The maximum Gasteiger partial charge on any atom is 0.323 e. The van der Waals surface area contributed by atoms with E-state index in [2.05, 4.69) is 11.9 Å². The molecule has 0 bridgehead atoms. The normalized spacial score (nSPS) is 20.4. The molecule has 1 fully saturated rings. The monoisotopic (exact) mass is 272 g/mol. The summed E-state index contributed by atoms with van der Waals surface area (Å²) in [5.41, 5.74) is 4.82.